The van der Waals surface area contributed by atoms with Crippen LogP contribution in [-0.2, 0) is 0 Å². The second-order valence-corrected chi connectivity index (χ2v) is 4.61. The van der Waals surface area contributed by atoms with E-state index in [1.54, 1.807) is 6.92 Å². The number of anilines is 1. The van der Waals surface area contributed by atoms with Gasteiger partial charge in [-0.1, -0.05) is 0 Å². The van der Waals surface area contributed by atoms with Crippen LogP contribution in [0.1, 0.15) is 18.5 Å². The van der Waals surface area contributed by atoms with E-state index in [0.29, 0.717) is 17.4 Å². The molecule has 0 aromatic carbocycles. The van der Waals surface area contributed by atoms with Crippen molar-refractivity contribution in [3.8, 4) is 0 Å². The minimum Gasteiger partial charge on any atom is -0.354 e. The average Bonchev–Trinajstić information content (AvgIpc) is 2.33. The highest BCUT2D eigenvalue weighted by Crippen LogP contribution is 2.23. The van der Waals surface area contributed by atoms with Crippen LogP contribution in [0, 0.1) is 18.7 Å². The zero-order valence-electron chi connectivity index (χ0n) is 10.4. The molecule has 1 aromatic rings. The summed E-state index contributed by atoms with van der Waals surface area (Å²) in [4.78, 5) is 9.98. The molecule has 1 aromatic heterocycles. The maximum Gasteiger partial charge on any atom is 0.186 e. The Morgan fingerprint density at radius 1 is 1.53 bits per heavy atom. The quantitative estimate of drug-likeness (QED) is 0.863. The van der Waals surface area contributed by atoms with Crippen LogP contribution < -0.4 is 10.2 Å². The third kappa shape index (κ3) is 2.72. The predicted octanol–water partition coefficient (Wildman–Crippen LogP) is 1.36. The number of hydrogen-bond donors (Lipinski definition) is 1. The Bertz CT molecular complexity index is 381. The lowest BCUT2D eigenvalue weighted by Gasteiger charge is -2.33. The Kier molecular flexibility index (Phi) is 3.89. The summed E-state index contributed by atoms with van der Waals surface area (Å²) in [6.07, 6.45) is 3.73. The van der Waals surface area contributed by atoms with Crippen molar-refractivity contribution < 1.29 is 4.39 Å². The summed E-state index contributed by atoms with van der Waals surface area (Å²) >= 11 is 0. The van der Waals surface area contributed by atoms with Gasteiger partial charge in [0.15, 0.2) is 11.6 Å². The van der Waals surface area contributed by atoms with Gasteiger partial charge in [-0.05, 0) is 39.3 Å². The van der Waals surface area contributed by atoms with Gasteiger partial charge in [-0.3, -0.25) is 0 Å². The van der Waals surface area contributed by atoms with E-state index in [-0.39, 0.29) is 5.82 Å². The van der Waals surface area contributed by atoms with Crippen molar-refractivity contribution in [1.29, 1.82) is 0 Å². The smallest absolute Gasteiger partial charge is 0.186 e. The molecule has 1 atom stereocenters. The summed E-state index contributed by atoms with van der Waals surface area (Å²) in [5.41, 5.74) is 0.422. The molecule has 1 aliphatic heterocycles. The molecule has 0 amide bonds. The molecule has 0 radical (unpaired) electrons. The van der Waals surface area contributed by atoms with E-state index < -0.39 is 0 Å². The molecule has 2 rings (SSSR count). The van der Waals surface area contributed by atoms with Gasteiger partial charge in [0.1, 0.15) is 6.33 Å². The average molecular weight is 238 g/mol. The fourth-order valence-corrected chi connectivity index (χ4v) is 2.38. The summed E-state index contributed by atoms with van der Waals surface area (Å²) in [5, 5.41) is 3.18. The molecule has 17 heavy (non-hydrogen) atoms. The van der Waals surface area contributed by atoms with Crippen molar-refractivity contribution in [3.05, 3.63) is 17.8 Å². The largest absolute Gasteiger partial charge is 0.354 e. The second kappa shape index (κ2) is 5.40. The number of piperidine rings is 1. The highest BCUT2D eigenvalue weighted by molar-refractivity contribution is 5.41. The summed E-state index contributed by atoms with van der Waals surface area (Å²) in [7, 11) is 1.95. The minimum absolute atomic E-state index is 0.280. The van der Waals surface area contributed by atoms with E-state index in [1.165, 1.54) is 12.7 Å². The number of halogens is 1. The molecule has 1 unspecified atom stereocenters. The van der Waals surface area contributed by atoms with Crippen LogP contribution in [0.5, 0.6) is 0 Å². The van der Waals surface area contributed by atoms with Crippen molar-refractivity contribution >= 4 is 5.82 Å². The lowest BCUT2D eigenvalue weighted by molar-refractivity contribution is 0.397. The molecule has 94 valence electrons. The van der Waals surface area contributed by atoms with Gasteiger partial charge in [0.05, 0.1) is 5.69 Å². The fraction of sp³-hybridized carbons (Fsp3) is 0.667. The Morgan fingerprint density at radius 3 is 3.12 bits per heavy atom. The van der Waals surface area contributed by atoms with E-state index in [9.17, 15) is 4.39 Å². The van der Waals surface area contributed by atoms with Gasteiger partial charge in [0, 0.05) is 13.1 Å². The zero-order valence-corrected chi connectivity index (χ0v) is 10.4. The first-order chi connectivity index (χ1) is 8.22. The maximum atomic E-state index is 13.9. The van der Waals surface area contributed by atoms with Crippen LogP contribution in [0.25, 0.3) is 0 Å². The maximum absolute atomic E-state index is 13.9. The van der Waals surface area contributed by atoms with Crippen molar-refractivity contribution in [3.63, 3.8) is 0 Å². The Morgan fingerprint density at radius 2 is 2.35 bits per heavy atom. The number of nitrogens with one attached hydrogen (secondary N) is 1. The Labute approximate surface area is 101 Å². The van der Waals surface area contributed by atoms with E-state index in [2.05, 4.69) is 15.3 Å². The SMILES string of the molecule is CNCC1CCCN(c2ncnc(C)c2F)C1. The molecule has 0 bridgehead atoms. The molecule has 2 heterocycles. The lowest BCUT2D eigenvalue weighted by Crippen LogP contribution is -2.40. The van der Waals surface area contributed by atoms with Gasteiger partial charge < -0.3 is 10.2 Å². The topological polar surface area (TPSA) is 41.0 Å². The molecule has 0 spiro atoms. The molecule has 5 heteroatoms. The molecule has 4 nitrogen and oxygen atoms in total. The van der Waals surface area contributed by atoms with Crippen molar-refractivity contribution in [2.45, 2.75) is 19.8 Å². The third-order valence-corrected chi connectivity index (χ3v) is 3.26. The van der Waals surface area contributed by atoms with Gasteiger partial charge >= 0.3 is 0 Å². The molecule has 1 fully saturated rings. The van der Waals surface area contributed by atoms with Gasteiger partial charge in [-0.2, -0.15) is 0 Å². The number of rotatable bonds is 3. The highest BCUT2D eigenvalue weighted by atomic mass is 19.1. The number of nitrogens with zero attached hydrogens (tertiary/aromatic N) is 3. The first kappa shape index (κ1) is 12.2. The second-order valence-electron chi connectivity index (χ2n) is 4.61. The Balaban J connectivity index is 2.13. The minimum atomic E-state index is -0.280. The fourth-order valence-electron chi connectivity index (χ4n) is 2.38. The van der Waals surface area contributed by atoms with Crippen molar-refractivity contribution in [2.75, 3.05) is 31.6 Å². The third-order valence-electron chi connectivity index (χ3n) is 3.26. The highest BCUT2D eigenvalue weighted by Gasteiger charge is 2.23. The number of aromatic nitrogens is 2. The van der Waals surface area contributed by atoms with E-state index >= 15 is 0 Å². The summed E-state index contributed by atoms with van der Waals surface area (Å²) < 4.78 is 13.9. The van der Waals surface area contributed by atoms with Crippen LogP contribution in [0.3, 0.4) is 0 Å². The number of hydrogen-bond acceptors (Lipinski definition) is 4. The van der Waals surface area contributed by atoms with Crippen molar-refractivity contribution in [2.24, 2.45) is 5.92 Å². The van der Waals surface area contributed by atoms with Gasteiger partial charge in [0.25, 0.3) is 0 Å². The molecule has 0 saturated carbocycles. The zero-order chi connectivity index (χ0) is 12.3. The van der Waals surface area contributed by atoms with Crippen LogP contribution in [-0.4, -0.2) is 36.6 Å². The predicted molar refractivity (Wildman–Crippen MR) is 65.6 cm³/mol. The van der Waals surface area contributed by atoms with Crippen LogP contribution in [0.15, 0.2) is 6.33 Å². The van der Waals surface area contributed by atoms with Crippen LogP contribution >= 0.6 is 0 Å². The van der Waals surface area contributed by atoms with Gasteiger partial charge in [-0.25, -0.2) is 14.4 Å². The monoisotopic (exact) mass is 238 g/mol. The van der Waals surface area contributed by atoms with E-state index in [1.807, 2.05) is 11.9 Å². The first-order valence-corrected chi connectivity index (χ1v) is 6.09. The standard InChI is InChI=1S/C12H19FN4/c1-9-11(13)12(16-8-15-9)17-5-3-4-10(7-17)6-14-2/h8,10,14H,3-7H2,1-2H3. The van der Waals surface area contributed by atoms with E-state index in [0.717, 1.165) is 26.1 Å². The van der Waals surface area contributed by atoms with Gasteiger partial charge in [-0.15, -0.1) is 0 Å². The first-order valence-electron chi connectivity index (χ1n) is 6.09. The molecule has 0 aliphatic carbocycles. The summed E-state index contributed by atoms with van der Waals surface area (Å²) in [5.74, 6) is 0.749. The summed E-state index contributed by atoms with van der Waals surface area (Å²) in [6, 6.07) is 0. The summed E-state index contributed by atoms with van der Waals surface area (Å²) in [6.45, 7) is 4.40. The molecular weight excluding hydrogens is 219 g/mol. The number of aryl methyl sites for hydroxylation is 1. The van der Waals surface area contributed by atoms with Gasteiger partial charge in [0.2, 0.25) is 0 Å². The molecule has 1 N–H and O–H groups in total. The normalized spacial score (nSPS) is 20.6. The van der Waals surface area contributed by atoms with Crippen molar-refractivity contribution in [1.82, 2.24) is 15.3 Å². The molecule has 1 aliphatic rings. The van der Waals surface area contributed by atoms with E-state index in [4.69, 9.17) is 0 Å². The molecular formula is C12H19FN4. The van der Waals surface area contributed by atoms with Crippen LogP contribution in [0.4, 0.5) is 10.2 Å². The Hall–Kier alpha value is -1.23. The van der Waals surface area contributed by atoms with Crippen LogP contribution in [0.2, 0.25) is 0 Å². The lowest BCUT2D eigenvalue weighted by atomic mass is 9.98. The molecule has 1 saturated heterocycles.